The number of hydrogen-bond acceptors (Lipinski definition) is 5. The maximum absolute atomic E-state index is 12.8. The smallest absolute Gasteiger partial charge is 0.253 e. The lowest BCUT2D eigenvalue weighted by molar-refractivity contribution is -0.0864. The van der Waals surface area contributed by atoms with Crippen molar-refractivity contribution in [3.05, 3.63) is 54.1 Å². The van der Waals surface area contributed by atoms with E-state index in [1.165, 1.54) is 0 Å². The molecule has 1 aliphatic rings. The highest BCUT2D eigenvalue weighted by atomic mass is 16.5. The minimum Gasteiger partial charge on any atom is -0.495 e. The normalized spacial score (nSPS) is 15.8. The van der Waals surface area contributed by atoms with Gasteiger partial charge in [-0.1, -0.05) is 24.3 Å². The Labute approximate surface area is 159 Å². The molecule has 1 fully saturated rings. The zero-order chi connectivity index (χ0) is 19.1. The fourth-order valence-corrected chi connectivity index (χ4v) is 3.22. The molecule has 144 valence electrons. The van der Waals surface area contributed by atoms with Crippen molar-refractivity contribution in [2.75, 3.05) is 39.3 Å². The number of carbonyl (C=O) groups is 1. The van der Waals surface area contributed by atoms with Gasteiger partial charge >= 0.3 is 0 Å². The number of benzene rings is 2. The highest BCUT2D eigenvalue weighted by Gasteiger charge is 2.33. The van der Waals surface area contributed by atoms with Crippen molar-refractivity contribution in [3.63, 3.8) is 0 Å². The van der Waals surface area contributed by atoms with Crippen LogP contribution in [0.25, 0.3) is 0 Å². The highest BCUT2D eigenvalue weighted by Crippen LogP contribution is 2.29. The van der Waals surface area contributed by atoms with Crippen molar-refractivity contribution in [2.24, 2.45) is 0 Å². The zero-order valence-electron chi connectivity index (χ0n) is 15.8. The van der Waals surface area contributed by atoms with Gasteiger partial charge in [0, 0.05) is 39.7 Å². The van der Waals surface area contributed by atoms with Gasteiger partial charge in [0.25, 0.3) is 5.91 Å². The number of methoxy groups -OCH3 is 2. The largest absolute Gasteiger partial charge is 0.495 e. The predicted molar refractivity (Wildman–Crippen MR) is 105 cm³/mol. The van der Waals surface area contributed by atoms with Gasteiger partial charge in [-0.3, -0.25) is 4.79 Å². The lowest BCUT2D eigenvalue weighted by atomic mass is 9.94. The average Bonchev–Trinajstić information content (AvgIpc) is 2.73. The first kappa shape index (κ1) is 19.2. The molecular weight excluding hydrogens is 344 g/mol. The third kappa shape index (κ3) is 4.59. The summed E-state index contributed by atoms with van der Waals surface area (Å²) in [5.41, 5.74) is 1.73. The number of ether oxygens (including phenoxy) is 3. The molecule has 0 saturated carbocycles. The molecular formula is C21H26N2O4. The molecule has 3 rings (SSSR count). The van der Waals surface area contributed by atoms with Gasteiger partial charge in [-0.2, -0.15) is 0 Å². The molecule has 0 radical (unpaired) electrons. The van der Waals surface area contributed by atoms with Crippen molar-refractivity contribution >= 4 is 17.3 Å². The summed E-state index contributed by atoms with van der Waals surface area (Å²) in [5.74, 6) is 0.573. The number of rotatable bonds is 7. The molecule has 1 amide bonds. The van der Waals surface area contributed by atoms with Crippen LogP contribution in [0.4, 0.5) is 11.4 Å². The second-order valence-corrected chi connectivity index (χ2v) is 6.55. The van der Waals surface area contributed by atoms with E-state index in [1.54, 1.807) is 20.3 Å². The van der Waals surface area contributed by atoms with E-state index in [0.29, 0.717) is 31.1 Å². The molecule has 0 atom stereocenters. The van der Waals surface area contributed by atoms with E-state index < -0.39 is 0 Å². The summed E-state index contributed by atoms with van der Waals surface area (Å²) in [5, 5.41) is 6.32. The summed E-state index contributed by atoms with van der Waals surface area (Å²) in [6, 6.07) is 15.0. The van der Waals surface area contributed by atoms with E-state index in [-0.39, 0.29) is 11.5 Å². The molecule has 0 aliphatic carbocycles. The Morgan fingerprint density at radius 2 is 1.70 bits per heavy atom. The summed E-state index contributed by atoms with van der Waals surface area (Å²) in [7, 11) is 3.31. The first-order valence-electron chi connectivity index (χ1n) is 9.08. The molecule has 1 saturated heterocycles. The number of para-hydroxylation sites is 3. The molecule has 6 nitrogen and oxygen atoms in total. The van der Waals surface area contributed by atoms with E-state index in [1.807, 2.05) is 42.5 Å². The van der Waals surface area contributed by atoms with E-state index >= 15 is 0 Å². The molecule has 27 heavy (non-hydrogen) atoms. The number of nitrogens with one attached hydrogen (secondary N) is 2. The fourth-order valence-electron chi connectivity index (χ4n) is 3.22. The summed E-state index contributed by atoms with van der Waals surface area (Å²) < 4.78 is 16.5. The van der Waals surface area contributed by atoms with Gasteiger partial charge in [0.2, 0.25) is 0 Å². The van der Waals surface area contributed by atoms with Crippen LogP contribution in [-0.4, -0.2) is 45.5 Å². The zero-order valence-corrected chi connectivity index (χ0v) is 15.8. The van der Waals surface area contributed by atoms with E-state index in [4.69, 9.17) is 14.2 Å². The van der Waals surface area contributed by atoms with E-state index in [0.717, 1.165) is 24.2 Å². The molecule has 0 bridgehead atoms. The predicted octanol–water partition coefficient (Wildman–Crippen LogP) is 3.36. The molecule has 0 aromatic heterocycles. The molecule has 1 heterocycles. The van der Waals surface area contributed by atoms with Crippen LogP contribution < -0.4 is 15.4 Å². The third-order valence-electron chi connectivity index (χ3n) is 4.96. The lowest BCUT2D eigenvalue weighted by Crippen LogP contribution is -2.48. The Kier molecular flexibility index (Phi) is 6.32. The quantitative estimate of drug-likeness (QED) is 0.782. The van der Waals surface area contributed by atoms with Gasteiger partial charge in [0.05, 0.1) is 29.6 Å². The van der Waals surface area contributed by atoms with Crippen LogP contribution in [0.5, 0.6) is 5.75 Å². The number of amides is 1. The van der Waals surface area contributed by atoms with Gasteiger partial charge in [-0.25, -0.2) is 0 Å². The van der Waals surface area contributed by atoms with Crippen molar-refractivity contribution in [1.82, 2.24) is 5.32 Å². The fraction of sp³-hybridized carbons (Fsp3) is 0.381. The van der Waals surface area contributed by atoms with Crippen LogP contribution in [0.3, 0.4) is 0 Å². The maximum atomic E-state index is 12.8. The van der Waals surface area contributed by atoms with Crippen molar-refractivity contribution < 1.29 is 19.0 Å². The number of anilines is 2. The third-order valence-corrected chi connectivity index (χ3v) is 4.96. The van der Waals surface area contributed by atoms with Crippen LogP contribution in [-0.2, 0) is 9.47 Å². The van der Waals surface area contributed by atoms with E-state index in [9.17, 15) is 4.79 Å². The average molecular weight is 370 g/mol. The summed E-state index contributed by atoms with van der Waals surface area (Å²) in [6.07, 6.45) is 1.54. The molecule has 1 aliphatic heterocycles. The minimum atomic E-state index is -0.362. The lowest BCUT2D eigenvalue weighted by Gasteiger charge is -2.36. The minimum absolute atomic E-state index is 0.143. The molecule has 6 heteroatoms. The molecule has 0 spiro atoms. The first-order valence-corrected chi connectivity index (χ1v) is 9.08. The summed E-state index contributed by atoms with van der Waals surface area (Å²) >= 11 is 0. The van der Waals surface area contributed by atoms with Crippen LogP contribution in [0, 0.1) is 0 Å². The second-order valence-electron chi connectivity index (χ2n) is 6.55. The number of carbonyl (C=O) groups excluding carboxylic acids is 1. The highest BCUT2D eigenvalue weighted by molar-refractivity contribution is 6.00. The van der Waals surface area contributed by atoms with Crippen LogP contribution in [0.1, 0.15) is 23.2 Å². The van der Waals surface area contributed by atoms with Crippen molar-refractivity contribution in [3.8, 4) is 5.75 Å². The molecule has 2 aromatic carbocycles. The van der Waals surface area contributed by atoms with Crippen LogP contribution >= 0.6 is 0 Å². The van der Waals surface area contributed by atoms with Gasteiger partial charge in [-0.05, 0) is 24.3 Å². The van der Waals surface area contributed by atoms with Gasteiger partial charge in [-0.15, -0.1) is 0 Å². The van der Waals surface area contributed by atoms with E-state index in [2.05, 4.69) is 10.6 Å². The maximum Gasteiger partial charge on any atom is 0.253 e. The number of hydrogen-bond donors (Lipinski definition) is 2. The van der Waals surface area contributed by atoms with Crippen molar-refractivity contribution in [2.45, 2.75) is 18.4 Å². The first-order chi connectivity index (χ1) is 13.2. The molecule has 0 unspecified atom stereocenters. The van der Waals surface area contributed by atoms with Crippen molar-refractivity contribution in [1.29, 1.82) is 0 Å². The Bertz CT molecular complexity index is 772. The Balaban J connectivity index is 1.74. The Morgan fingerprint density at radius 1 is 1.04 bits per heavy atom. The SMILES string of the molecule is COc1ccccc1Nc1ccccc1C(=O)NCC1(OC)CCOCC1. The Hall–Kier alpha value is -2.57. The van der Waals surface area contributed by atoms with Gasteiger partial charge in [0.1, 0.15) is 5.75 Å². The van der Waals surface area contributed by atoms with Crippen LogP contribution in [0.15, 0.2) is 48.5 Å². The summed E-state index contributed by atoms with van der Waals surface area (Å²) in [6.45, 7) is 1.75. The standard InChI is InChI=1S/C21H26N2O4/c1-25-19-10-6-5-9-18(19)23-17-8-4-3-7-16(17)20(24)22-15-21(26-2)11-13-27-14-12-21/h3-10,23H,11-15H2,1-2H3,(H,22,24). The monoisotopic (exact) mass is 370 g/mol. The topological polar surface area (TPSA) is 68.8 Å². The molecule has 2 aromatic rings. The van der Waals surface area contributed by atoms with Gasteiger partial charge in [0.15, 0.2) is 0 Å². The Morgan fingerprint density at radius 3 is 2.41 bits per heavy atom. The van der Waals surface area contributed by atoms with Crippen LogP contribution in [0.2, 0.25) is 0 Å². The van der Waals surface area contributed by atoms with Gasteiger partial charge < -0.3 is 24.8 Å². The second kappa shape index (κ2) is 8.88. The summed E-state index contributed by atoms with van der Waals surface area (Å²) in [4.78, 5) is 12.8. The molecule has 2 N–H and O–H groups in total.